The Morgan fingerprint density at radius 1 is 1.27 bits per heavy atom. The fraction of sp³-hybridized carbons (Fsp3) is 0.286. The second-order valence-corrected chi connectivity index (χ2v) is 5.74. The number of hydrogen-bond donors (Lipinski definition) is 1. The van der Waals surface area contributed by atoms with Gasteiger partial charge >= 0.3 is 12.1 Å². The Balaban J connectivity index is 1.96. The number of nitrogens with zero attached hydrogens (tertiary/aromatic N) is 2. The number of benzene rings is 1. The lowest BCUT2D eigenvalue weighted by atomic mass is 10.1. The highest BCUT2D eigenvalue weighted by Gasteiger charge is 2.33. The van der Waals surface area contributed by atoms with Crippen molar-refractivity contribution in [2.45, 2.75) is 19.3 Å². The number of rotatable bonds is 5. The molecule has 1 aromatic heterocycles. The number of hydrogen-bond acceptors (Lipinski definition) is 4. The normalized spacial score (nSPS) is 11.9. The molecule has 118 valence electrons. The largest absolute Gasteiger partial charge is 0.478 e. The van der Waals surface area contributed by atoms with E-state index in [0.29, 0.717) is 18.1 Å². The van der Waals surface area contributed by atoms with Crippen molar-refractivity contribution in [1.82, 2.24) is 9.88 Å². The van der Waals surface area contributed by atoms with Crippen molar-refractivity contribution < 1.29 is 23.1 Å². The van der Waals surface area contributed by atoms with Gasteiger partial charge in [0, 0.05) is 11.9 Å². The molecule has 0 aliphatic carbocycles. The van der Waals surface area contributed by atoms with Gasteiger partial charge in [0.2, 0.25) is 0 Å². The van der Waals surface area contributed by atoms with E-state index in [4.69, 9.17) is 5.11 Å². The van der Waals surface area contributed by atoms with Crippen LogP contribution in [-0.2, 0) is 19.3 Å². The fourth-order valence-corrected chi connectivity index (χ4v) is 2.74. The lowest BCUT2D eigenvalue weighted by molar-refractivity contribution is -0.140. The minimum Gasteiger partial charge on any atom is -0.478 e. The molecule has 1 aromatic carbocycles. The number of carboxylic acids is 1. The van der Waals surface area contributed by atoms with Gasteiger partial charge in [-0.25, -0.2) is 9.78 Å². The Kier molecular flexibility index (Phi) is 4.82. The van der Waals surface area contributed by atoms with E-state index in [1.165, 1.54) is 12.1 Å². The summed E-state index contributed by atoms with van der Waals surface area (Å²) < 4.78 is 37.4. The first-order chi connectivity index (χ1) is 10.3. The summed E-state index contributed by atoms with van der Waals surface area (Å²) in [7, 11) is 1.76. The van der Waals surface area contributed by atoms with Crippen molar-refractivity contribution in [2.75, 3.05) is 7.05 Å². The molecule has 0 saturated carbocycles. The van der Waals surface area contributed by atoms with Gasteiger partial charge in [0.15, 0.2) is 5.69 Å². The monoisotopic (exact) mass is 330 g/mol. The fourth-order valence-electron chi connectivity index (χ4n) is 1.86. The quantitative estimate of drug-likeness (QED) is 0.912. The van der Waals surface area contributed by atoms with Gasteiger partial charge in [0.05, 0.1) is 12.1 Å². The molecular weight excluding hydrogens is 317 g/mol. The number of aromatic carboxylic acids is 1. The Morgan fingerprint density at radius 3 is 2.41 bits per heavy atom. The van der Waals surface area contributed by atoms with Gasteiger partial charge in [-0.15, -0.1) is 11.3 Å². The summed E-state index contributed by atoms with van der Waals surface area (Å²) in [5.74, 6) is -0.998. The van der Waals surface area contributed by atoms with Crippen molar-refractivity contribution in [3.05, 3.63) is 51.5 Å². The molecule has 0 aliphatic heterocycles. The predicted molar refractivity (Wildman–Crippen MR) is 75.7 cm³/mol. The number of alkyl halides is 3. The van der Waals surface area contributed by atoms with E-state index in [-0.39, 0.29) is 5.56 Å². The predicted octanol–water partition coefficient (Wildman–Crippen LogP) is 3.49. The average Bonchev–Trinajstić information content (AvgIpc) is 2.87. The van der Waals surface area contributed by atoms with E-state index in [1.807, 2.05) is 4.90 Å². The summed E-state index contributed by atoms with van der Waals surface area (Å²) in [6, 6.07) is 6.36. The molecule has 0 amide bonds. The van der Waals surface area contributed by atoms with E-state index >= 15 is 0 Å². The van der Waals surface area contributed by atoms with Crippen LogP contribution in [0.15, 0.2) is 29.6 Å². The molecule has 4 nitrogen and oxygen atoms in total. The van der Waals surface area contributed by atoms with E-state index in [1.54, 1.807) is 19.2 Å². The summed E-state index contributed by atoms with van der Waals surface area (Å²) in [5, 5.41) is 10.2. The average molecular weight is 330 g/mol. The van der Waals surface area contributed by atoms with Gasteiger partial charge in [0.25, 0.3) is 0 Å². The van der Waals surface area contributed by atoms with Gasteiger partial charge in [-0.1, -0.05) is 12.1 Å². The zero-order chi connectivity index (χ0) is 16.3. The molecule has 0 aliphatic rings. The topological polar surface area (TPSA) is 53.4 Å². The zero-order valence-corrected chi connectivity index (χ0v) is 12.4. The summed E-state index contributed by atoms with van der Waals surface area (Å²) in [6.07, 6.45) is -4.42. The van der Waals surface area contributed by atoms with Gasteiger partial charge in [-0.3, -0.25) is 4.90 Å². The van der Waals surface area contributed by atoms with Crippen molar-refractivity contribution in [3.63, 3.8) is 0 Å². The molecule has 0 bridgehead atoms. The van der Waals surface area contributed by atoms with Crippen LogP contribution in [-0.4, -0.2) is 28.0 Å². The molecule has 2 aromatic rings. The molecule has 2 rings (SSSR count). The van der Waals surface area contributed by atoms with Crippen LogP contribution in [0.3, 0.4) is 0 Å². The summed E-state index contributed by atoms with van der Waals surface area (Å²) in [5.41, 5.74) is 0.202. The SMILES string of the molecule is CN(Cc1ccc(C(=O)O)cc1)Cc1nc(C(F)(F)F)cs1. The second kappa shape index (κ2) is 6.45. The smallest absolute Gasteiger partial charge is 0.434 e. The number of aromatic nitrogens is 1. The van der Waals surface area contributed by atoms with Gasteiger partial charge in [-0.2, -0.15) is 13.2 Å². The number of halogens is 3. The molecule has 0 spiro atoms. The first-order valence-corrected chi connectivity index (χ1v) is 7.16. The Bertz CT molecular complexity index is 653. The van der Waals surface area contributed by atoms with E-state index in [0.717, 1.165) is 22.3 Å². The van der Waals surface area contributed by atoms with Crippen LogP contribution >= 0.6 is 11.3 Å². The third-order valence-corrected chi connectivity index (χ3v) is 3.73. The number of carbonyl (C=O) groups is 1. The van der Waals surface area contributed by atoms with Crippen LogP contribution in [0.2, 0.25) is 0 Å². The van der Waals surface area contributed by atoms with Gasteiger partial charge in [0.1, 0.15) is 5.01 Å². The Hall–Kier alpha value is -1.93. The second-order valence-electron chi connectivity index (χ2n) is 4.80. The lowest BCUT2D eigenvalue weighted by Crippen LogP contribution is -2.17. The highest BCUT2D eigenvalue weighted by molar-refractivity contribution is 7.09. The van der Waals surface area contributed by atoms with Crippen LogP contribution in [0.1, 0.15) is 26.6 Å². The summed E-state index contributed by atoms with van der Waals surface area (Å²) in [6.45, 7) is 0.780. The Labute approximate surface area is 128 Å². The highest BCUT2D eigenvalue weighted by Crippen LogP contribution is 2.30. The van der Waals surface area contributed by atoms with Gasteiger partial charge < -0.3 is 5.11 Å². The minimum atomic E-state index is -4.42. The van der Waals surface area contributed by atoms with Crippen molar-refractivity contribution in [3.8, 4) is 0 Å². The van der Waals surface area contributed by atoms with E-state index in [9.17, 15) is 18.0 Å². The van der Waals surface area contributed by atoms with E-state index < -0.39 is 17.8 Å². The third-order valence-electron chi connectivity index (χ3n) is 2.90. The maximum atomic E-state index is 12.5. The molecule has 22 heavy (non-hydrogen) atoms. The molecule has 1 N–H and O–H groups in total. The van der Waals surface area contributed by atoms with E-state index in [2.05, 4.69) is 4.98 Å². The number of thiazole rings is 1. The van der Waals surface area contributed by atoms with Crippen molar-refractivity contribution in [1.29, 1.82) is 0 Å². The molecular formula is C14H13F3N2O2S. The molecule has 0 unspecified atom stereocenters. The van der Waals surface area contributed by atoms with Crippen molar-refractivity contribution in [2.24, 2.45) is 0 Å². The maximum absolute atomic E-state index is 12.5. The molecule has 1 heterocycles. The van der Waals surface area contributed by atoms with Crippen LogP contribution in [0, 0.1) is 0 Å². The summed E-state index contributed by atoms with van der Waals surface area (Å²) in [4.78, 5) is 16.1. The van der Waals surface area contributed by atoms with Crippen LogP contribution < -0.4 is 0 Å². The first-order valence-electron chi connectivity index (χ1n) is 6.28. The highest BCUT2D eigenvalue weighted by atomic mass is 32.1. The van der Waals surface area contributed by atoms with Crippen LogP contribution in [0.5, 0.6) is 0 Å². The standard InChI is InChI=1S/C14H13F3N2O2S/c1-19(6-9-2-4-10(5-3-9)13(20)21)7-12-18-11(8-22-12)14(15,16)17/h2-5,8H,6-7H2,1H3,(H,20,21). The zero-order valence-electron chi connectivity index (χ0n) is 11.6. The lowest BCUT2D eigenvalue weighted by Gasteiger charge is -2.15. The molecule has 0 saturated heterocycles. The van der Waals surface area contributed by atoms with Crippen molar-refractivity contribution >= 4 is 17.3 Å². The third kappa shape index (κ3) is 4.28. The Morgan fingerprint density at radius 2 is 1.91 bits per heavy atom. The first kappa shape index (κ1) is 16.4. The molecule has 0 fully saturated rings. The van der Waals surface area contributed by atoms with Crippen LogP contribution in [0.25, 0.3) is 0 Å². The molecule has 0 radical (unpaired) electrons. The molecule has 0 atom stereocenters. The number of carboxylic acid groups (broad SMARTS) is 1. The van der Waals surface area contributed by atoms with Gasteiger partial charge in [-0.05, 0) is 24.7 Å². The van der Waals surface area contributed by atoms with Crippen LogP contribution in [0.4, 0.5) is 13.2 Å². The minimum absolute atomic E-state index is 0.196. The summed E-state index contributed by atoms with van der Waals surface area (Å²) >= 11 is 0.971. The maximum Gasteiger partial charge on any atom is 0.434 e. The molecule has 8 heteroatoms.